The third kappa shape index (κ3) is 3.85. The number of allylic oxidation sites excluding steroid dienone is 1. The molecule has 7 N–H and O–H groups in total. The summed E-state index contributed by atoms with van der Waals surface area (Å²) in [5, 5.41) is 56.8. The van der Waals surface area contributed by atoms with E-state index in [1.807, 2.05) is 0 Å². The van der Waals surface area contributed by atoms with E-state index < -0.39 is 81.3 Å². The Bertz CT molecular complexity index is 1500. The number of nitrogens with zero attached hydrogens (tertiary/aromatic N) is 1. The number of fused-ring (bicyclic) bond motifs is 3. The van der Waals surface area contributed by atoms with Crippen molar-refractivity contribution in [3.8, 4) is 5.75 Å². The van der Waals surface area contributed by atoms with Crippen molar-refractivity contribution in [2.24, 2.45) is 23.5 Å². The Morgan fingerprint density at radius 1 is 1.08 bits per heavy atom. The first-order chi connectivity index (χ1) is 18.4. The number of aliphatic hydroxyl groups is 3. The Kier molecular flexibility index (Phi) is 6.00. The molecule has 0 bridgehead atoms. The van der Waals surface area contributed by atoms with Crippen LogP contribution >= 0.6 is 0 Å². The largest absolute Gasteiger partial charge is 0.508 e. The third-order valence-corrected chi connectivity index (χ3v) is 7.86. The minimum atomic E-state index is -2.62. The van der Waals surface area contributed by atoms with Gasteiger partial charge in [0.05, 0.1) is 28.2 Å². The van der Waals surface area contributed by atoms with E-state index in [2.05, 4.69) is 5.32 Å². The van der Waals surface area contributed by atoms with Crippen molar-refractivity contribution in [3.05, 3.63) is 74.5 Å². The molecule has 2 aromatic rings. The van der Waals surface area contributed by atoms with Gasteiger partial charge in [-0.2, -0.15) is 0 Å². The normalized spacial score (nSPS) is 27.7. The number of phenolic OH excluding ortho intramolecular Hbond substituents is 1. The van der Waals surface area contributed by atoms with Crippen LogP contribution in [0.4, 0.5) is 11.4 Å². The molecule has 0 heterocycles. The average Bonchev–Trinajstić information content (AvgIpc) is 2.87. The van der Waals surface area contributed by atoms with E-state index in [9.17, 15) is 49.7 Å². The van der Waals surface area contributed by atoms with Gasteiger partial charge in [0.25, 0.3) is 11.6 Å². The zero-order valence-corrected chi connectivity index (χ0v) is 20.2. The number of aliphatic hydroxyl groups excluding tert-OH is 2. The maximum absolute atomic E-state index is 13.7. The summed E-state index contributed by atoms with van der Waals surface area (Å²) in [6.45, 7) is 0. The number of Topliss-reactive ketones (excluding diaryl/α,β-unsaturated/α-hetero) is 2. The number of carbonyl (C=O) groups excluding carboxylic acids is 4. The van der Waals surface area contributed by atoms with Crippen LogP contribution in [0.3, 0.4) is 0 Å². The van der Waals surface area contributed by atoms with E-state index in [1.54, 1.807) is 0 Å². The van der Waals surface area contributed by atoms with E-state index in [4.69, 9.17) is 5.73 Å². The zero-order chi connectivity index (χ0) is 28.4. The summed E-state index contributed by atoms with van der Waals surface area (Å²) in [5.41, 5.74) is 2.17. The fourth-order valence-corrected chi connectivity index (χ4v) is 6.04. The van der Waals surface area contributed by atoms with Gasteiger partial charge in [0.1, 0.15) is 5.76 Å². The molecule has 5 unspecified atom stereocenters. The third-order valence-electron chi connectivity index (χ3n) is 7.86. The molecule has 39 heavy (non-hydrogen) atoms. The minimum absolute atomic E-state index is 0.0345. The number of carbonyl (C=O) groups is 4. The number of amides is 2. The maximum atomic E-state index is 13.7. The number of nitro groups is 1. The number of phenols is 1. The maximum Gasteiger partial charge on any atom is 0.269 e. The molecule has 5 atom stereocenters. The Hall–Kier alpha value is -4.62. The number of ketones is 2. The van der Waals surface area contributed by atoms with Crippen molar-refractivity contribution in [3.63, 3.8) is 0 Å². The summed E-state index contributed by atoms with van der Waals surface area (Å²) in [6, 6.07) is 7.44. The number of hydrogen-bond acceptors (Lipinski definition) is 10. The summed E-state index contributed by atoms with van der Waals surface area (Å²) in [5.74, 6) is -8.76. The highest BCUT2D eigenvalue weighted by atomic mass is 16.6. The average molecular weight is 537 g/mol. The summed E-state index contributed by atoms with van der Waals surface area (Å²) >= 11 is 0. The van der Waals surface area contributed by atoms with E-state index in [0.29, 0.717) is 0 Å². The molecule has 2 amide bonds. The van der Waals surface area contributed by atoms with Gasteiger partial charge in [-0.3, -0.25) is 29.3 Å². The number of benzene rings is 2. The zero-order valence-electron chi connectivity index (χ0n) is 20.2. The molecule has 0 saturated heterocycles. The van der Waals surface area contributed by atoms with E-state index in [1.165, 1.54) is 24.3 Å². The van der Waals surface area contributed by atoms with Crippen LogP contribution in [-0.2, 0) is 16.0 Å². The molecule has 1 saturated carbocycles. The quantitative estimate of drug-likeness (QED) is 0.183. The second-order valence-electron chi connectivity index (χ2n) is 9.97. The molecule has 3 aliphatic carbocycles. The lowest BCUT2D eigenvalue weighted by Gasteiger charge is -2.50. The van der Waals surface area contributed by atoms with Gasteiger partial charge in [0.2, 0.25) is 5.91 Å². The van der Waals surface area contributed by atoms with Gasteiger partial charge in [-0.05, 0) is 36.6 Å². The van der Waals surface area contributed by atoms with Gasteiger partial charge < -0.3 is 31.5 Å². The number of primary amides is 1. The molecule has 202 valence electrons. The highest BCUT2D eigenvalue weighted by Gasteiger charge is 2.63. The molecule has 0 aromatic heterocycles. The van der Waals surface area contributed by atoms with Gasteiger partial charge in [-0.15, -0.1) is 0 Å². The lowest BCUT2D eigenvalue weighted by Crippen LogP contribution is -2.63. The van der Waals surface area contributed by atoms with Crippen molar-refractivity contribution in [2.75, 3.05) is 5.32 Å². The first-order valence-corrected chi connectivity index (χ1v) is 12.0. The fourth-order valence-electron chi connectivity index (χ4n) is 6.04. The number of rotatable bonds is 4. The highest BCUT2D eigenvalue weighted by molar-refractivity contribution is 6.16. The molecule has 5 rings (SSSR count). The van der Waals surface area contributed by atoms with E-state index in [0.717, 1.165) is 12.1 Å². The van der Waals surface area contributed by atoms with Crippen LogP contribution < -0.4 is 11.1 Å². The van der Waals surface area contributed by atoms with Gasteiger partial charge in [0.15, 0.2) is 22.9 Å². The first-order valence-electron chi connectivity index (χ1n) is 12.0. The molecule has 3 aliphatic rings. The fraction of sp³-hybridized carbons (Fsp3) is 0.308. The molecule has 0 aliphatic heterocycles. The predicted octanol–water partition coefficient (Wildman–Crippen LogP) is 0.906. The van der Waals surface area contributed by atoms with Crippen molar-refractivity contribution in [1.29, 1.82) is 0 Å². The number of nitrogens with two attached hydrogens (primary N) is 1. The SMILES string of the molecule is NC(=O)C1C2Cc3ccc(NC(=O)c4ccc([N+](=O)[O-])cc4)c(O)c3C(=O)C2=C(O)C2(O)C(=O)CC(O)CC12. The number of nitrogens with one attached hydrogen (secondary N) is 1. The summed E-state index contributed by atoms with van der Waals surface area (Å²) in [7, 11) is 0. The van der Waals surface area contributed by atoms with Crippen LogP contribution in [0.1, 0.15) is 39.1 Å². The molecule has 0 radical (unpaired) electrons. The number of anilines is 1. The van der Waals surface area contributed by atoms with Crippen molar-refractivity contribution in [1.82, 2.24) is 0 Å². The number of non-ortho nitro benzene ring substituents is 1. The minimum Gasteiger partial charge on any atom is -0.508 e. The van der Waals surface area contributed by atoms with Gasteiger partial charge in [-0.25, -0.2) is 0 Å². The second kappa shape index (κ2) is 8.99. The van der Waals surface area contributed by atoms with Crippen LogP contribution in [0.2, 0.25) is 0 Å². The van der Waals surface area contributed by atoms with E-state index in [-0.39, 0.29) is 40.9 Å². The van der Waals surface area contributed by atoms with Gasteiger partial charge in [0, 0.05) is 41.5 Å². The van der Waals surface area contributed by atoms with Crippen LogP contribution in [0.25, 0.3) is 0 Å². The molecular formula is C26H23N3O10. The van der Waals surface area contributed by atoms with Crippen LogP contribution in [0.15, 0.2) is 47.7 Å². The second-order valence-corrected chi connectivity index (χ2v) is 9.97. The Balaban J connectivity index is 1.55. The van der Waals surface area contributed by atoms with Crippen molar-refractivity contribution in [2.45, 2.75) is 31.0 Å². The lowest BCUT2D eigenvalue weighted by molar-refractivity contribution is -0.384. The Morgan fingerprint density at radius 3 is 2.36 bits per heavy atom. The Labute approximate surface area is 219 Å². The highest BCUT2D eigenvalue weighted by Crippen LogP contribution is 2.53. The number of nitro benzene ring substituents is 1. The predicted molar refractivity (Wildman–Crippen MR) is 132 cm³/mol. The molecule has 13 nitrogen and oxygen atoms in total. The van der Waals surface area contributed by atoms with E-state index >= 15 is 0 Å². The van der Waals surface area contributed by atoms with Gasteiger partial charge in [-0.1, -0.05) is 6.07 Å². The van der Waals surface area contributed by atoms with Crippen LogP contribution in [-0.4, -0.2) is 60.4 Å². The first kappa shape index (κ1) is 26.0. The molecule has 1 fully saturated rings. The summed E-state index contributed by atoms with van der Waals surface area (Å²) < 4.78 is 0. The Morgan fingerprint density at radius 2 is 1.74 bits per heavy atom. The summed E-state index contributed by atoms with van der Waals surface area (Å²) in [6.07, 6.45) is -1.95. The standard InChI is InChI=1S/C26H23N3O10/c27-24(35)19-14-7-11-3-6-16(28-25(36)10-1-4-12(5-2-10)29(38)39)21(32)18(11)22(33)20(14)23(34)26(37)15(19)8-13(30)9-17(26)31/h1-6,13-15,19,30,32,34,37H,7-9H2,(H2,27,35)(H,28,36). The topological polar surface area (TPSA) is 230 Å². The molecule has 0 spiro atoms. The molecular weight excluding hydrogens is 514 g/mol. The van der Waals surface area contributed by atoms with Crippen molar-refractivity contribution < 1.29 is 44.5 Å². The van der Waals surface area contributed by atoms with Crippen LogP contribution in [0, 0.1) is 27.9 Å². The number of aromatic hydroxyl groups is 1. The number of hydrogen-bond donors (Lipinski definition) is 6. The molecule has 13 heteroatoms. The summed E-state index contributed by atoms with van der Waals surface area (Å²) in [4.78, 5) is 61.9. The molecule has 2 aromatic carbocycles. The smallest absolute Gasteiger partial charge is 0.269 e. The monoisotopic (exact) mass is 537 g/mol. The van der Waals surface area contributed by atoms with Crippen molar-refractivity contribution >= 4 is 34.8 Å². The van der Waals surface area contributed by atoms with Gasteiger partial charge >= 0.3 is 0 Å². The lowest BCUT2D eigenvalue weighted by atomic mass is 9.55. The van der Waals surface area contributed by atoms with Crippen LogP contribution in [0.5, 0.6) is 5.75 Å².